The van der Waals surface area contributed by atoms with Gasteiger partial charge < -0.3 is 10.2 Å². The number of aliphatic carboxylic acids is 2. The van der Waals surface area contributed by atoms with E-state index in [-0.39, 0.29) is 12.8 Å². The van der Waals surface area contributed by atoms with Crippen molar-refractivity contribution in [2.75, 3.05) is 6.54 Å². The Hall–Kier alpha value is -1.66. The smallest absolute Gasteiger partial charge is 0.318 e. The molecule has 1 aliphatic carbocycles. The molecular formula is C9H13NO6. The third-order valence-corrected chi connectivity index (χ3v) is 3.15. The van der Waals surface area contributed by atoms with Crippen molar-refractivity contribution in [2.24, 2.45) is 11.3 Å². The second kappa shape index (κ2) is 4.46. The molecule has 0 aliphatic heterocycles. The predicted octanol–water partition coefficient (Wildman–Crippen LogP) is 0.609. The van der Waals surface area contributed by atoms with Gasteiger partial charge in [-0.2, -0.15) is 0 Å². The van der Waals surface area contributed by atoms with Crippen molar-refractivity contribution in [3.8, 4) is 0 Å². The van der Waals surface area contributed by atoms with Gasteiger partial charge >= 0.3 is 11.9 Å². The molecule has 16 heavy (non-hydrogen) atoms. The van der Waals surface area contributed by atoms with Crippen molar-refractivity contribution in [3.63, 3.8) is 0 Å². The van der Waals surface area contributed by atoms with Gasteiger partial charge in [0, 0.05) is 4.92 Å². The van der Waals surface area contributed by atoms with E-state index in [9.17, 15) is 19.7 Å². The van der Waals surface area contributed by atoms with Crippen molar-refractivity contribution in [3.05, 3.63) is 10.1 Å². The van der Waals surface area contributed by atoms with Crippen molar-refractivity contribution in [2.45, 2.75) is 25.7 Å². The fourth-order valence-corrected chi connectivity index (χ4v) is 2.50. The van der Waals surface area contributed by atoms with Gasteiger partial charge in [-0.25, -0.2) is 0 Å². The average Bonchev–Trinajstić information content (AvgIpc) is 2.50. The molecule has 0 spiro atoms. The molecule has 0 bridgehead atoms. The summed E-state index contributed by atoms with van der Waals surface area (Å²) in [5.41, 5.74) is -1.22. The summed E-state index contributed by atoms with van der Waals surface area (Å²) in [6.45, 7) is -0.587. The van der Waals surface area contributed by atoms with Gasteiger partial charge in [0.1, 0.15) is 0 Å². The highest BCUT2D eigenvalue weighted by Crippen LogP contribution is 2.44. The molecule has 1 saturated carbocycles. The lowest BCUT2D eigenvalue weighted by atomic mass is 9.73. The molecule has 7 heteroatoms. The van der Waals surface area contributed by atoms with Gasteiger partial charge in [0.25, 0.3) is 0 Å². The van der Waals surface area contributed by atoms with Crippen LogP contribution in [0.3, 0.4) is 0 Å². The minimum absolute atomic E-state index is 0.289. The standard InChI is InChI=1S/C9H13NO6/c11-7(12)6(8(13)14)9(5-10(15)16)3-1-2-4-9/h6H,1-5H2,(H,11,12)(H,13,14). The SMILES string of the molecule is O=C(O)C(C(=O)O)C1(C[N+](=O)[O-])CCCC1. The third-order valence-electron chi connectivity index (χ3n) is 3.15. The topological polar surface area (TPSA) is 118 Å². The molecule has 1 aliphatic rings. The lowest BCUT2D eigenvalue weighted by Crippen LogP contribution is -2.43. The highest BCUT2D eigenvalue weighted by Gasteiger charge is 2.52. The van der Waals surface area contributed by atoms with Crippen LogP contribution in [0.5, 0.6) is 0 Å². The molecule has 0 aromatic heterocycles. The lowest BCUT2D eigenvalue weighted by Gasteiger charge is -2.27. The van der Waals surface area contributed by atoms with Crippen LogP contribution in [0.4, 0.5) is 0 Å². The van der Waals surface area contributed by atoms with Gasteiger partial charge in [-0.1, -0.05) is 12.8 Å². The number of nitrogens with zero attached hydrogens (tertiary/aromatic N) is 1. The first kappa shape index (κ1) is 12.4. The first-order chi connectivity index (χ1) is 7.39. The molecule has 0 heterocycles. The summed E-state index contributed by atoms with van der Waals surface area (Å²) in [6, 6.07) is 0. The number of nitro groups is 1. The number of carboxylic acid groups (broad SMARTS) is 2. The molecule has 0 amide bonds. The Labute approximate surface area is 91.2 Å². The summed E-state index contributed by atoms with van der Waals surface area (Å²) in [6.07, 6.45) is 1.87. The van der Waals surface area contributed by atoms with Crippen LogP contribution in [-0.2, 0) is 9.59 Å². The molecule has 1 rings (SSSR count). The van der Waals surface area contributed by atoms with Crippen LogP contribution in [0.25, 0.3) is 0 Å². The molecule has 90 valence electrons. The molecule has 0 unspecified atom stereocenters. The Balaban J connectivity index is 3.02. The van der Waals surface area contributed by atoms with Crippen LogP contribution in [0.2, 0.25) is 0 Å². The predicted molar refractivity (Wildman–Crippen MR) is 51.5 cm³/mol. The monoisotopic (exact) mass is 231 g/mol. The quantitative estimate of drug-likeness (QED) is 0.406. The van der Waals surface area contributed by atoms with E-state index in [1.807, 2.05) is 0 Å². The normalized spacial score (nSPS) is 18.6. The largest absolute Gasteiger partial charge is 0.481 e. The number of hydrogen-bond donors (Lipinski definition) is 2. The van der Waals surface area contributed by atoms with Crippen LogP contribution in [0.15, 0.2) is 0 Å². The molecule has 0 aromatic carbocycles. The van der Waals surface area contributed by atoms with Crippen LogP contribution < -0.4 is 0 Å². The maximum absolute atomic E-state index is 10.9. The zero-order chi connectivity index (χ0) is 12.3. The third kappa shape index (κ3) is 2.29. The fraction of sp³-hybridized carbons (Fsp3) is 0.778. The number of hydrogen-bond acceptors (Lipinski definition) is 4. The van der Waals surface area contributed by atoms with Gasteiger partial charge in [-0.3, -0.25) is 19.7 Å². The zero-order valence-electron chi connectivity index (χ0n) is 8.59. The molecule has 0 aromatic rings. The van der Waals surface area contributed by atoms with E-state index in [0.29, 0.717) is 12.8 Å². The summed E-state index contributed by atoms with van der Waals surface area (Å²) >= 11 is 0. The van der Waals surface area contributed by atoms with E-state index in [0.717, 1.165) is 0 Å². The molecule has 0 radical (unpaired) electrons. The molecule has 2 N–H and O–H groups in total. The van der Waals surface area contributed by atoms with Gasteiger partial charge in [-0.05, 0) is 12.8 Å². The maximum atomic E-state index is 10.9. The summed E-state index contributed by atoms with van der Waals surface area (Å²) in [5.74, 6) is -4.66. The van der Waals surface area contributed by atoms with Crippen LogP contribution in [-0.4, -0.2) is 33.6 Å². The molecule has 0 saturated heterocycles. The summed E-state index contributed by atoms with van der Waals surface area (Å²) in [4.78, 5) is 31.7. The van der Waals surface area contributed by atoms with E-state index in [1.165, 1.54) is 0 Å². The zero-order valence-corrected chi connectivity index (χ0v) is 8.59. The molecule has 0 atom stereocenters. The van der Waals surface area contributed by atoms with Gasteiger partial charge in [0.15, 0.2) is 5.92 Å². The first-order valence-corrected chi connectivity index (χ1v) is 4.96. The van der Waals surface area contributed by atoms with Gasteiger partial charge in [-0.15, -0.1) is 0 Å². The van der Waals surface area contributed by atoms with Gasteiger partial charge in [0.2, 0.25) is 6.54 Å². The van der Waals surface area contributed by atoms with Crippen LogP contribution in [0.1, 0.15) is 25.7 Å². The Morgan fingerprint density at radius 2 is 1.69 bits per heavy atom. The first-order valence-electron chi connectivity index (χ1n) is 4.96. The summed E-state index contributed by atoms with van der Waals surface area (Å²) < 4.78 is 0. The number of rotatable bonds is 5. The summed E-state index contributed by atoms with van der Waals surface area (Å²) in [5, 5.41) is 28.3. The highest BCUT2D eigenvalue weighted by molar-refractivity contribution is 5.94. The second-order valence-electron chi connectivity index (χ2n) is 4.17. The van der Waals surface area contributed by atoms with Crippen molar-refractivity contribution < 1.29 is 24.7 Å². The number of carbonyl (C=O) groups is 2. The van der Waals surface area contributed by atoms with Crippen molar-refractivity contribution in [1.29, 1.82) is 0 Å². The second-order valence-corrected chi connectivity index (χ2v) is 4.17. The average molecular weight is 231 g/mol. The lowest BCUT2D eigenvalue weighted by molar-refractivity contribution is -0.498. The van der Waals surface area contributed by atoms with E-state index in [1.54, 1.807) is 0 Å². The Kier molecular flexibility index (Phi) is 3.46. The number of carboxylic acids is 2. The maximum Gasteiger partial charge on any atom is 0.318 e. The minimum Gasteiger partial charge on any atom is -0.481 e. The van der Waals surface area contributed by atoms with E-state index < -0.39 is 34.7 Å². The molecular weight excluding hydrogens is 218 g/mol. The van der Waals surface area contributed by atoms with E-state index in [2.05, 4.69) is 0 Å². The Bertz CT molecular complexity index is 306. The fourth-order valence-electron chi connectivity index (χ4n) is 2.50. The Morgan fingerprint density at radius 1 is 1.25 bits per heavy atom. The van der Waals surface area contributed by atoms with Crippen molar-refractivity contribution >= 4 is 11.9 Å². The van der Waals surface area contributed by atoms with E-state index in [4.69, 9.17) is 10.2 Å². The Morgan fingerprint density at radius 3 is 2.00 bits per heavy atom. The van der Waals surface area contributed by atoms with Crippen molar-refractivity contribution in [1.82, 2.24) is 0 Å². The highest BCUT2D eigenvalue weighted by atomic mass is 16.6. The molecule has 7 nitrogen and oxygen atoms in total. The van der Waals surface area contributed by atoms with Crippen LogP contribution in [0, 0.1) is 21.4 Å². The minimum atomic E-state index is -1.68. The summed E-state index contributed by atoms with van der Waals surface area (Å²) in [7, 11) is 0. The molecule has 1 fully saturated rings. The van der Waals surface area contributed by atoms with Crippen LogP contribution >= 0.6 is 0 Å². The van der Waals surface area contributed by atoms with Gasteiger partial charge in [0.05, 0.1) is 5.41 Å². The van der Waals surface area contributed by atoms with E-state index >= 15 is 0 Å².